The topological polar surface area (TPSA) is 26.3 Å². The lowest BCUT2D eigenvalue weighted by Crippen LogP contribution is -2.05. The highest BCUT2D eigenvalue weighted by Gasteiger charge is 2.02. The van der Waals surface area contributed by atoms with Gasteiger partial charge in [-0.15, -0.1) is 0 Å². The molecule has 0 unspecified atom stereocenters. The molecule has 18 heavy (non-hydrogen) atoms. The van der Waals surface area contributed by atoms with Crippen LogP contribution in [0, 0.1) is 0 Å². The van der Waals surface area contributed by atoms with Crippen LogP contribution in [0.1, 0.15) is 77.6 Å². The SMILES string of the molecule is C/C1=C\CCCC(=O)OCCCCCCCCC1. The summed E-state index contributed by atoms with van der Waals surface area (Å²) in [4.78, 5) is 11.4. The van der Waals surface area contributed by atoms with Crippen molar-refractivity contribution in [3.8, 4) is 0 Å². The Bertz CT molecular complexity index is 256. The van der Waals surface area contributed by atoms with E-state index in [2.05, 4.69) is 13.0 Å². The third kappa shape index (κ3) is 8.32. The summed E-state index contributed by atoms with van der Waals surface area (Å²) in [6, 6.07) is 0. The highest BCUT2D eigenvalue weighted by molar-refractivity contribution is 5.69. The van der Waals surface area contributed by atoms with Gasteiger partial charge in [-0.3, -0.25) is 4.79 Å². The molecule has 1 aliphatic rings. The molecule has 0 saturated carbocycles. The zero-order chi connectivity index (χ0) is 13.1. The first-order chi connectivity index (χ1) is 8.79. The van der Waals surface area contributed by atoms with Gasteiger partial charge in [-0.2, -0.15) is 0 Å². The van der Waals surface area contributed by atoms with Crippen LogP contribution in [0.5, 0.6) is 0 Å². The molecule has 0 aliphatic carbocycles. The van der Waals surface area contributed by atoms with Crippen molar-refractivity contribution in [3.05, 3.63) is 11.6 Å². The van der Waals surface area contributed by atoms with E-state index in [4.69, 9.17) is 4.74 Å². The molecule has 0 spiro atoms. The number of carbonyl (C=O) groups excluding carboxylic acids is 1. The van der Waals surface area contributed by atoms with E-state index >= 15 is 0 Å². The number of hydrogen-bond donors (Lipinski definition) is 0. The van der Waals surface area contributed by atoms with Crippen LogP contribution in [0.25, 0.3) is 0 Å². The van der Waals surface area contributed by atoms with Gasteiger partial charge in [-0.25, -0.2) is 0 Å². The molecule has 0 saturated heterocycles. The van der Waals surface area contributed by atoms with Gasteiger partial charge in [-0.05, 0) is 39.0 Å². The van der Waals surface area contributed by atoms with Gasteiger partial charge >= 0.3 is 5.97 Å². The van der Waals surface area contributed by atoms with Gasteiger partial charge in [0.1, 0.15) is 0 Å². The van der Waals surface area contributed by atoms with Gasteiger partial charge < -0.3 is 4.74 Å². The first kappa shape index (κ1) is 15.3. The van der Waals surface area contributed by atoms with E-state index in [1.807, 2.05) is 0 Å². The Morgan fingerprint density at radius 1 is 0.889 bits per heavy atom. The Hall–Kier alpha value is -0.790. The largest absolute Gasteiger partial charge is 0.466 e. The number of carbonyl (C=O) groups is 1. The molecule has 0 amide bonds. The van der Waals surface area contributed by atoms with Crippen LogP contribution in [0.2, 0.25) is 0 Å². The number of rotatable bonds is 0. The second-order valence-electron chi connectivity index (χ2n) is 5.39. The average molecular weight is 252 g/mol. The Morgan fingerprint density at radius 3 is 2.33 bits per heavy atom. The van der Waals surface area contributed by atoms with E-state index in [9.17, 15) is 4.79 Å². The molecule has 1 rings (SSSR count). The molecular weight excluding hydrogens is 224 g/mol. The fourth-order valence-electron chi connectivity index (χ4n) is 2.34. The van der Waals surface area contributed by atoms with Crippen LogP contribution in [-0.4, -0.2) is 12.6 Å². The van der Waals surface area contributed by atoms with E-state index in [1.165, 1.54) is 50.5 Å². The second kappa shape index (κ2) is 10.2. The summed E-state index contributed by atoms with van der Waals surface area (Å²) in [7, 11) is 0. The van der Waals surface area contributed by atoms with E-state index in [1.54, 1.807) is 0 Å². The van der Waals surface area contributed by atoms with Crippen LogP contribution < -0.4 is 0 Å². The fraction of sp³-hybridized carbons (Fsp3) is 0.812. The van der Waals surface area contributed by atoms with Gasteiger partial charge in [-0.1, -0.05) is 43.8 Å². The standard InChI is InChI=1S/C16H28O2/c1-15-11-7-5-3-2-4-6-10-14-18-16(17)13-9-8-12-15/h12H,2-11,13-14H2,1H3/b15-12+. The average Bonchev–Trinajstić information content (AvgIpc) is 2.35. The van der Waals surface area contributed by atoms with Crippen LogP contribution in [0.4, 0.5) is 0 Å². The lowest BCUT2D eigenvalue weighted by Gasteiger charge is -2.06. The van der Waals surface area contributed by atoms with Crippen molar-refractivity contribution in [2.24, 2.45) is 0 Å². The first-order valence-corrected chi connectivity index (χ1v) is 7.60. The quantitative estimate of drug-likeness (QED) is 0.458. The van der Waals surface area contributed by atoms with E-state index in [0.29, 0.717) is 13.0 Å². The second-order valence-corrected chi connectivity index (χ2v) is 5.39. The maximum Gasteiger partial charge on any atom is 0.305 e. The zero-order valence-corrected chi connectivity index (χ0v) is 11.9. The van der Waals surface area contributed by atoms with Gasteiger partial charge in [0.2, 0.25) is 0 Å². The maximum absolute atomic E-state index is 11.4. The van der Waals surface area contributed by atoms with Crippen molar-refractivity contribution in [1.82, 2.24) is 0 Å². The summed E-state index contributed by atoms with van der Waals surface area (Å²) in [6.07, 6.45) is 14.9. The molecule has 0 aromatic rings. The number of hydrogen-bond acceptors (Lipinski definition) is 2. The maximum atomic E-state index is 11.4. The van der Waals surface area contributed by atoms with Crippen molar-refractivity contribution in [3.63, 3.8) is 0 Å². The summed E-state index contributed by atoms with van der Waals surface area (Å²) in [5.41, 5.74) is 1.48. The molecular formula is C16H28O2. The molecule has 0 aromatic carbocycles. The Kier molecular flexibility index (Phi) is 8.62. The van der Waals surface area contributed by atoms with Crippen molar-refractivity contribution in [2.45, 2.75) is 77.6 Å². The minimum absolute atomic E-state index is 0.0202. The highest BCUT2D eigenvalue weighted by atomic mass is 16.5. The molecule has 104 valence electrons. The lowest BCUT2D eigenvalue weighted by molar-refractivity contribution is -0.143. The van der Waals surface area contributed by atoms with Crippen molar-refractivity contribution < 1.29 is 9.53 Å². The third-order valence-electron chi connectivity index (χ3n) is 3.56. The number of cyclic esters (lactones) is 1. The normalized spacial score (nSPS) is 24.9. The monoisotopic (exact) mass is 252 g/mol. The minimum Gasteiger partial charge on any atom is -0.466 e. The summed E-state index contributed by atoms with van der Waals surface area (Å²) in [6.45, 7) is 2.83. The van der Waals surface area contributed by atoms with Crippen LogP contribution >= 0.6 is 0 Å². The van der Waals surface area contributed by atoms with Gasteiger partial charge in [0, 0.05) is 6.42 Å². The molecule has 2 nitrogen and oxygen atoms in total. The zero-order valence-electron chi connectivity index (χ0n) is 11.9. The summed E-state index contributed by atoms with van der Waals surface area (Å²) in [5.74, 6) is -0.0202. The predicted molar refractivity (Wildman–Crippen MR) is 75.5 cm³/mol. The van der Waals surface area contributed by atoms with E-state index < -0.39 is 0 Å². The molecule has 1 heterocycles. The number of allylic oxidation sites excluding steroid dienone is 2. The molecule has 2 heteroatoms. The Labute approximate surface area is 112 Å². The molecule has 0 aromatic heterocycles. The van der Waals surface area contributed by atoms with Crippen LogP contribution in [0.15, 0.2) is 11.6 Å². The van der Waals surface area contributed by atoms with Crippen molar-refractivity contribution in [1.29, 1.82) is 0 Å². The van der Waals surface area contributed by atoms with Gasteiger partial charge in [0.05, 0.1) is 6.61 Å². The molecule has 0 atom stereocenters. The summed E-state index contributed by atoms with van der Waals surface area (Å²) in [5, 5.41) is 0. The minimum atomic E-state index is -0.0202. The molecule has 0 radical (unpaired) electrons. The number of ether oxygens (including phenoxy) is 1. The van der Waals surface area contributed by atoms with E-state index in [-0.39, 0.29) is 5.97 Å². The van der Waals surface area contributed by atoms with Crippen molar-refractivity contribution >= 4 is 5.97 Å². The number of esters is 1. The third-order valence-corrected chi connectivity index (χ3v) is 3.56. The molecule has 1 aliphatic heterocycles. The molecule has 0 bridgehead atoms. The summed E-state index contributed by atoms with van der Waals surface area (Å²) >= 11 is 0. The Balaban J connectivity index is 2.28. The Morgan fingerprint density at radius 2 is 1.56 bits per heavy atom. The van der Waals surface area contributed by atoms with Gasteiger partial charge in [0.15, 0.2) is 0 Å². The van der Waals surface area contributed by atoms with Crippen LogP contribution in [-0.2, 0) is 9.53 Å². The van der Waals surface area contributed by atoms with Crippen LogP contribution in [0.3, 0.4) is 0 Å². The lowest BCUT2D eigenvalue weighted by atomic mass is 10.0. The fourth-order valence-corrected chi connectivity index (χ4v) is 2.34. The van der Waals surface area contributed by atoms with Gasteiger partial charge in [0.25, 0.3) is 0 Å². The molecule has 0 fully saturated rings. The summed E-state index contributed by atoms with van der Waals surface area (Å²) < 4.78 is 5.21. The smallest absolute Gasteiger partial charge is 0.305 e. The highest BCUT2D eigenvalue weighted by Crippen LogP contribution is 2.14. The first-order valence-electron chi connectivity index (χ1n) is 7.60. The predicted octanol–water partition coefficient (Wildman–Crippen LogP) is 4.78. The molecule has 0 N–H and O–H groups in total. The van der Waals surface area contributed by atoms with E-state index in [0.717, 1.165) is 19.3 Å². The van der Waals surface area contributed by atoms with Crippen molar-refractivity contribution in [2.75, 3.05) is 6.61 Å².